The van der Waals surface area contributed by atoms with Crippen molar-refractivity contribution in [2.24, 2.45) is 0 Å². The number of rotatable bonds is 5. The van der Waals surface area contributed by atoms with E-state index in [1.54, 1.807) is 51.1 Å². The zero-order chi connectivity index (χ0) is 29.2. The Balaban J connectivity index is 1.62. The van der Waals surface area contributed by atoms with E-state index in [1.165, 1.54) is 40.9 Å². The predicted octanol–water partition coefficient (Wildman–Crippen LogP) is 6.60. The first-order valence-corrected chi connectivity index (χ1v) is 13.3. The van der Waals surface area contributed by atoms with E-state index in [4.69, 9.17) is 4.74 Å². The maximum absolute atomic E-state index is 13.7. The molecule has 1 aliphatic heterocycles. The molecule has 0 aliphatic carbocycles. The van der Waals surface area contributed by atoms with Gasteiger partial charge < -0.3 is 20.1 Å². The van der Waals surface area contributed by atoms with E-state index in [2.05, 4.69) is 5.32 Å². The summed E-state index contributed by atoms with van der Waals surface area (Å²) in [5.74, 6) is -1.37. The number of ether oxygens (including phenoxy) is 1. The lowest BCUT2D eigenvalue weighted by Crippen LogP contribution is -2.50. The van der Waals surface area contributed by atoms with Gasteiger partial charge in [-0.3, -0.25) is 4.79 Å². The van der Waals surface area contributed by atoms with Gasteiger partial charge in [-0.2, -0.15) is 13.2 Å². The number of alkyl halides is 3. The number of anilines is 1. The smallest absolute Gasteiger partial charge is 0.416 e. The molecule has 0 bridgehead atoms. The molecular formula is C29H27F3N2O5S. The van der Waals surface area contributed by atoms with Gasteiger partial charge in [-0.05, 0) is 67.8 Å². The van der Waals surface area contributed by atoms with Gasteiger partial charge in [0.2, 0.25) is 0 Å². The van der Waals surface area contributed by atoms with Crippen molar-refractivity contribution in [3.8, 4) is 11.1 Å². The fraction of sp³-hybridized carbons (Fsp3) is 0.276. The molecule has 7 nitrogen and oxygen atoms in total. The van der Waals surface area contributed by atoms with Crippen molar-refractivity contribution in [3.05, 3.63) is 83.4 Å². The van der Waals surface area contributed by atoms with Crippen molar-refractivity contribution in [1.29, 1.82) is 0 Å². The molecule has 1 heterocycles. The van der Waals surface area contributed by atoms with Crippen LogP contribution in [-0.2, 0) is 22.3 Å². The van der Waals surface area contributed by atoms with E-state index in [9.17, 15) is 32.7 Å². The summed E-state index contributed by atoms with van der Waals surface area (Å²) in [5, 5.41) is 12.2. The van der Waals surface area contributed by atoms with Gasteiger partial charge in [0, 0.05) is 10.6 Å². The number of amides is 2. The fourth-order valence-corrected chi connectivity index (χ4v) is 5.14. The van der Waals surface area contributed by atoms with Crippen molar-refractivity contribution < 1.29 is 37.4 Å². The molecule has 0 spiro atoms. The minimum absolute atomic E-state index is 0.00773. The molecule has 0 aromatic heterocycles. The Hall–Kier alpha value is -3.99. The number of nitrogens with one attached hydrogen (secondary N) is 1. The third kappa shape index (κ3) is 6.95. The van der Waals surface area contributed by atoms with Gasteiger partial charge in [-0.15, -0.1) is 11.8 Å². The first kappa shape index (κ1) is 29.0. The topological polar surface area (TPSA) is 95.9 Å². The number of carbonyl (C=O) groups is 3. The average Bonchev–Trinajstić information content (AvgIpc) is 2.99. The number of hydrogen-bond donors (Lipinski definition) is 2. The highest BCUT2D eigenvalue weighted by molar-refractivity contribution is 7.99. The molecule has 11 heteroatoms. The molecule has 2 N–H and O–H groups in total. The fourth-order valence-electron chi connectivity index (χ4n) is 4.09. The second-order valence-corrected chi connectivity index (χ2v) is 11.3. The minimum Gasteiger partial charge on any atom is -0.478 e. The number of halogens is 3. The van der Waals surface area contributed by atoms with E-state index in [0.717, 1.165) is 12.1 Å². The second kappa shape index (κ2) is 11.2. The molecule has 3 aromatic carbocycles. The van der Waals surface area contributed by atoms with Crippen LogP contribution in [-0.4, -0.2) is 40.5 Å². The number of carboxylic acid groups (broad SMARTS) is 1. The molecule has 1 aliphatic rings. The third-order valence-corrected chi connectivity index (χ3v) is 7.15. The largest absolute Gasteiger partial charge is 0.478 e. The molecule has 0 radical (unpaired) electrons. The quantitative estimate of drug-likeness (QED) is 0.358. The summed E-state index contributed by atoms with van der Waals surface area (Å²) in [5.41, 5.74) is 0.883. The van der Waals surface area contributed by atoms with Crippen LogP contribution in [0.2, 0.25) is 0 Å². The van der Waals surface area contributed by atoms with Crippen LogP contribution in [0.15, 0.2) is 71.6 Å². The van der Waals surface area contributed by atoms with Gasteiger partial charge in [0.15, 0.2) is 0 Å². The minimum atomic E-state index is -4.42. The molecule has 1 atom stereocenters. The number of carboxylic acids is 1. The van der Waals surface area contributed by atoms with Gasteiger partial charge in [-0.1, -0.05) is 36.4 Å². The number of alkyl carbamates (subject to hydrolysis) is 1. The van der Waals surface area contributed by atoms with Crippen LogP contribution in [0.4, 0.5) is 23.7 Å². The van der Waals surface area contributed by atoms with E-state index in [1.807, 2.05) is 0 Å². The van der Waals surface area contributed by atoms with E-state index in [-0.39, 0.29) is 17.9 Å². The number of aromatic carboxylic acids is 1. The van der Waals surface area contributed by atoms with E-state index < -0.39 is 41.4 Å². The summed E-state index contributed by atoms with van der Waals surface area (Å²) < 4.78 is 44.0. The Morgan fingerprint density at radius 1 is 1.00 bits per heavy atom. The number of fused-ring (bicyclic) bond motifs is 1. The number of hydrogen-bond acceptors (Lipinski definition) is 5. The molecule has 2 amide bonds. The molecule has 0 saturated heterocycles. The number of nitrogens with zero attached hydrogens (tertiary/aromatic N) is 1. The number of thioether (sulfide) groups is 1. The molecule has 40 heavy (non-hydrogen) atoms. The highest BCUT2D eigenvalue weighted by Crippen LogP contribution is 2.37. The Kier molecular flexibility index (Phi) is 8.15. The summed E-state index contributed by atoms with van der Waals surface area (Å²) in [6, 6.07) is 15.4. The van der Waals surface area contributed by atoms with Gasteiger partial charge >= 0.3 is 18.2 Å². The van der Waals surface area contributed by atoms with Crippen LogP contribution in [0, 0.1) is 0 Å². The van der Waals surface area contributed by atoms with Crippen molar-refractivity contribution in [2.45, 2.75) is 50.0 Å². The molecule has 210 valence electrons. The molecule has 3 aromatic rings. The van der Waals surface area contributed by atoms with Crippen molar-refractivity contribution in [3.63, 3.8) is 0 Å². The summed E-state index contributed by atoms with van der Waals surface area (Å²) >= 11 is 1.31. The van der Waals surface area contributed by atoms with Crippen LogP contribution in [0.1, 0.15) is 42.3 Å². The molecule has 0 unspecified atom stereocenters. The van der Waals surface area contributed by atoms with Crippen LogP contribution >= 0.6 is 11.8 Å². The van der Waals surface area contributed by atoms with E-state index >= 15 is 0 Å². The lowest BCUT2D eigenvalue weighted by atomic mass is 10.0. The average molecular weight is 573 g/mol. The summed E-state index contributed by atoms with van der Waals surface area (Å²) in [4.78, 5) is 39.9. The second-order valence-electron chi connectivity index (χ2n) is 10.2. The predicted molar refractivity (Wildman–Crippen MR) is 145 cm³/mol. The number of carbonyl (C=O) groups excluding carboxylic acids is 2. The Bertz CT molecular complexity index is 1420. The third-order valence-electron chi connectivity index (χ3n) is 6.00. The highest BCUT2D eigenvalue weighted by Gasteiger charge is 2.34. The maximum atomic E-state index is 13.7. The molecule has 0 saturated carbocycles. The lowest BCUT2D eigenvalue weighted by Gasteiger charge is -2.27. The highest BCUT2D eigenvalue weighted by atomic mass is 32.2. The standard InChI is InChI=1S/C29H27F3N2O5S/c1-28(2,3)39-27(38)33-22-16-40-24-13-10-20(26(36)37)14-23(24)34(25(22)35)15-17-4-6-18(7-5-17)19-8-11-21(12-9-19)29(30,31)32/h4-14,22H,15-16H2,1-3H3,(H,33,38)(H,36,37)/t22-/m0/s1. The van der Waals surface area contributed by atoms with Gasteiger partial charge in [0.05, 0.1) is 23.4 Å². The lowest BCUT2D eigenvalue weighted by molar-refractivity contribution is -0.137. The normalized spacial score (nSPS) is 15.7. The first-order valence-electron chi connectivity index (χ1n) is 12.3. The molecule has 0 fully saturated rings. The zero-order valence-corrected chi connectivity index (χ0v) is 22.7. The van der Waals surface area contributed by atoms with Crippen LogP contribution < -0.4 is 10.2 Å². The van der Waals surface area contributed by atoms with Crippen molar-refractivity contribution in [1.82, 2.24) is 5.32 Å². The van der Waals surface area contributed by atoms with Gasteiger partial charge in [-0.25, -0.2) is 9.59 Å². The van der Waals surface area contributed by atoms with Crippen LogP contribution in [0.25, 0.3) is 11.1 Å². The van der Waals surface area contributed by atoms with Crippen molar-refractivity contribution >= 4 is 35.4 Å². The Labute approximate surface area is 233 Å². The van der Waals surface area contributed by atoms with Gasteiger partial charge in [0.1, 0.15) is 11.6 Å². The zero-order valence-electron chi connectivity index (χ0n) is 21.9. The maximum Gasteiger partial charge on any atom is 0.416 e. The van der Waals surface area contributed by atoms with Crippen LogP contribution in [0.3, 0.4) is 0 Å². The summed E-state index contributed by atoms with van der Waals surface area (Å²) in [7, 11) is 0. The van der Waals surface area contributed by atoms with Crippen molar-refractivity contribution in [2.75, 3.05) is 10.7 Å². The Morgan fingerprint density at radius 2 is 1.60 bits per heavy atom. The Morgan fingerprint density at radius 3 is 2.15 bits per heavy atom. The van der Waals surface area contributed by atoms with E-state index in [0.29, 0.717) is 27.3 Å². The molecule has 4 rings (SSSR count). The molecular weight excluding hydrogens is 545 g/mol. The van der Waals surface area contributed by atoms with Crippen LogP contribution in [0.5, 0.6) is 0 Å². The monoisotopic (exact) mass is 572 g/mol. The van der Waals surface area contributed by atoms with Gasteiger partial charge in [0.25, 0.3) is 5.91 Å². The number of benzene rings is 3. The summed E-state index contributed by atoms with van der Waals surface area (Å²) in [6.07, 6.45) is -5.17. The first-order chi connectivity index (χ1) is 18.7. The summed E-state index contributed by atoms with van der Waals surface area (Å²) in [6.45, 7) is 5.19. The SMILES string of the molecule is CC(C)(C)OC(=O)N[C@H]1CSc2ccc(C(=O)O)cc2N(Cc2ccc(-c3ccc(C(F)(F)F)cc3)cc2)C1=O.